The molecule has 1 unspecified atom stereocenters. The summed E-state index contributed by atoms with van der Waals surface area (Å²) in [5, 5.41) is 16.8. The lowest BCUT2D eigenvalue weighted by atomic mass is 10.3. The summed E-state index contributed by atoms with van der Waals surface area (Å²) in [6.45, 7) is 4.33. The van der Waals surface area contributed by atoms with Crippen LogP contribution in [0.25, 0.3) is 0 Å². The molecule has 1 aromatic heterocycles. The van der Waals surface area contributed by atoms with E-state index >= 15 is 0 Å². The fraction of sp³-hybridized carbons (Fsp3) is 0.700. The minimum atomic E-state index is -0.355. The van der Waals surface area contributed by atoms with Crippen molar-refractivity contribution in [1.82, 2.24) is 15.1 Å². The van der Waals surface area contributed by atoms with Crippen LogP contribution in [0.4, 0.5) is 0 Å². The molecule has 2 N–H and O–H groups in total. The SMILES string of the molecule is CCCCNCC(O)Cn1cccn1. The van der Waals surface area contributed by atoms with Crippen molar-refractivity contribution in [3.63, 3.8) is 0 Å². The van der Waals surface area contributed by atoms with Crippen LogP contribution in [-0.2, 0) is 6.54 Å². The molecule has 0 aliphatic carbocycles. The molecule has 1 atom stereocenters. The van der Waals surface area contributed by atoms with Crippen LogP contribution in [0.3, 0.4) is 0 Å². The molecule has 0 aromatic carbocycles. The number of unbranched alkanes of at least 4 members (excludes halogenated alkanes) is 1. The van der Waals surface area contributed by atoms with E-state index in [9.17, 15) is 5.11 Å². The zero-order valence-corrected chi connectivity index (χ0v) is 8.69. The maximum Gasteiger partial charge on any atom is 0.0860 e. The van der Waals surface area contributed by atoms with Gasteiger partial charge in [0, 0.05) is 18.9 Å². The van der Waals surface area contributed by atoms with Crippen molar-refractivity contribution >= 4 is 0 Å². The Hall–Kier alpha value is -0.870. The van der Waals surface area contributed by atoms with Gasteiger partial charge in [0.05, 0.1) is 12.6 Å². The number of aliphatic hydroxyl groups excluding tert-OH is 1. The molecule has 0 spiro atoms. The molecule has 0 aliphatic heterocycles. The molecule has 1 heterocycles. The molecule has 4 heteroatoms. The first kappa shape index (κ1) is 11.2. The van der Waals surface area contributed by atoms with Crippen LogP contribution in [0.2, 0.25) is 0 Å². The zero-order chi connectivity index (χ0) is 10.2. The van der Waals surface area contributed by atoms with Crippen LogP contribution in [0.5, 0.6) is 0 Å². The second kappa shape index (κ2) is 6.56. The highest BCUT2D eigenvalue weighted by Crippen LogP contribution is 1.90. The Morgan fingerprint density at radius 2 is 2.43 bits per heavy atom. The predicted octanol–water partition coefficient (Wildman–Crippen LogP) is 0.634. The third-order valence-electron chi connectivity index (χ3n) is 2.04. The lowest BCUT2D eigenvalue weighted by molar-refractivity contribution is 0.147. The van der Waals surface area contributed by atoms with Crippen LogP contribution >= 0.6 is 0 Å². The molecule has 0 radical (unpaired) electrons. The number of aromatic nitrogens is 2. The number of hydrogen-bond donors (Lipinski definition) is 2. The van der Waals surface area contributed by atoms with E-state index in [1.165, 1.54) is 6.42 Å². The monoisotopic (exact) mass is 197 g/mol. The summed E-state index contributed by atoms with van der Waals surface area (Å²) in [5.74, 6) is 0. The van der Waals surface area contributed by atoms with E-state index < -0.39 is 0 Å². The molecule has 80 valence electrons. The third-order valence-corrected chi connectivity index (χ3v) is 2.04. The van der Waals surface area contributed by atoms with Gasteiger partial charge in [-0.05, 0) is 19.0 Å². The van der Waals surface area contributed by atoms with Crippen LogP contribution < -0.4 is 5.32 Å². The lowest BCUT2D eigenvalue weighted by Crippen LogP contribution is -2.30. The number of aliphatic hydroxyl groups is 1. The standard InChI is InChI=1S/C10H19N3O/c1-2-3-5-11-8-10(14)9-13-7-4-6-12-13/h4,6-7,10-11,14H,2-3,5,8-9H2,1H3. The van der Waals surface area contributed by atoms with E-state index in [1.807, 2.05) is 12.3 Å². The van der Waals surface area contributed by atoms with E-state index in [0.29, 0.717) is 13.1 Å². The van der Waals surface area contributed by atoms with Gasteiger partial charge in [-0.3, -0.25) is 4.68 Å². The average Bonchev–Trinajstić information content (AvgIpc) is 2.65. The summed E-state index contributed by atoms with van der Waals surface area (Å²) < 4.78 is 1.74. The largest absolute Gasteiger partial charge is 0.390 e. The first-order valence-electron chi connectivity index (χ1n) is 5.19. The molecule has 0 saturated heterocycles. The summed E-state index contributed by atoms with van der Waals surface area (Å²) in [6, 6.07) is 1.86. The van der Waals surface area contributed by atoms with Crippen molar-refractivity contribution in [3.8, 4) is 0 Å². The summed E-state index contributed by atoms with van der Waals surface area (Å²) >= 11 is 0. The second-order valence-electron chi connectivity index (χ2n) is 3.44. The van der Waals surface area contributed by atoms with E-state index in [1.54, 1.807) is 10.9 Å². The van der Waals surface area contributed by atoms with Crippen LogP contribution in [0.1, 0.15) is 19.8 Å². The zero-order valence-electron chi connectivity index (χ0n) is 8.69. The maximum atomic E-state index is 9.60. The fourth-order valence-electron chi connectivity index (χ4n) is 1.26. The fourth-order valence-corrected chi connectivity index (χ4v) is 1.26. The molecule has 0 saturated carbocycles. The normalized spacial score (nSPS) is 13.0. The van der Waals surface area contributed by atoms with E-state index in [2.05, 4.69) is 17.3 Å². The van der Waals surface area contributed by atoms with Gasteiger partial charge >= 0.3 is 0 Å². The van der Waals surface area contributed by atoms with Crippen molar-refractivity contribution < 1.29 is 5.11 Å². The minimum absolute atomic E-state index is 0.355. The molecule has 0 aliphatic rings. The highest BCUT2D eigenvalue weighted by molar-refractivity contribution is 4.78. The quantitative estimate of drug-likeness (QED) is 0.630. The Labute approximate surface area is 84.9 Å². The van der Waals surface area contributed by atoms with Crippen molar-refractivity contribution in [2.24, 2.45) is 0 Å². The molecular weight excluding hydrogens is 178 g/mol. The Bertz CT molecular complexity index is 223. The Morgan fingerprint density at radius 1 is 1.57 bits per heavy atom. The van der Waals surface area contributed by atoms with Gasteiger partial charge in [0.2, 0.25) is 0 Å². The summed E-state index contributed by atoms with van der Waals surface area (Å²) in [7, 11) is 0. The Morgan fingerprint density at radius 3 is 3.07 bits per heavy atom. The molecular formula is C10H19N3O. The number of nitrogens with zero attached hydrogens (tertiary/aromatic N) is 2. The number of nitrogens with one attached hydrogen (secondary N) is 1. The van der Waals surface area contributed by atoms with E-state index in [-0.39, 0.29) is 6.10 Å². The van der Waals surface area contributed by atoms with Gasteiger partial charge in [0.25, 0.3) is 0 Å². The van der Waals surface area contributed by atoms with Gasteiger partial charge in [-0.15, -0.1) is 0 Å². The molecule has 0 fully saturated rings. The van der Waals surface area contributed by atoms with Gasteiger partial charge in [-0.1, -0.05) is 13.3 Å². The van der Waals surface area contributed by atoms with Crippen LogP contribution in [-0.4, -0.2) is 34.1 Å². The average molecular weight is 197 g/mol. The first-order chi connectivity index (χ1) is 6.83. The van der Waals surface area contributed by atoms with Crippen molar-refractivity contribution in [3.05, 3.63) is 18.5 Å². The Balaban J connectivity index is 2.07. The van der Waals surface area contributed by atoms with Crippen molar-refractivity contribution in [2.45, 2.75) is 32.4 Å². The third kappa shape index (κ3) is 4.39. The molecule has 14 heavy (non-hydrogen) atoms. The summed E-state index contributed by atoms with van der Waals surface area (Å²) in [5.41, 5.74) is 0. The van der Waals surface area contributed by atoms with E-state index in [0.717, 1.165) is 13.0 Å². The first-order valence-corrected chi connectivity index (χ1v) is 5.19. The summed E-state index contributed by atoms with van der Waals surface area (Å²) in [6.07, 6.45) is 5.57. The second-order valence-corrected chi connectivity index (χ2v) is 3.44. The van der Waals surface area contributed by atoms with Crippen molar-refractivity contribution in [2.75, 3.05) is 13.1 Å². The van der Waals surface area contributed by atoms with Crippen LogP contribution in [0.15, 0.2) is 18.5 Å². The number of hydrogen-bond acceptors (Lipinski definition) is 3. The van der Waals surface area contributed by atoms with Crippen LogP contribution in [0, 0.1) is 0 Å². The van der Waals surface area contributed by atoms with Gasteiger partial charge < -0.3 is 10.4 Å². The molecule has 0 amide bonds. The highest BCUT2D eigenvalue weighted by atomic mass is 16.3. The van der Waals surface area contributed by atoms with Gasteiger partial charge in [-0.25, -0.2) is 0 Å². The van der Waals surface area contributed by atoms with Crippen molar-refractivity contribution in [1.29, 1.82) is 0 Å². The minimum Gasteiger partial charge on any atom is -0.390 e. The topological polar surface area (TPSA) is 50.1 Å². The Kier molecular flexibility index (Phi) is 5.25. The maximum absolute atomic E-state index is 9.60. The molecule has 4 nitrogen and oxygen atoms in total. The highest BCUT2D eigenvalue weighted by Gasteiger charge is 2.03. The van der Waals surface area contributed by atoms with Gasteiger partial charge in [0.1, 0.15) is 0 Å². The molecule has 0 bridgehead atoms. The molecule has 1 rings (SSSR count). The molecule has 1 aromatic rings. The lowest BCUT2D eigenvalue weighted by Gasteiger charge is -2.11. The number of rotatable bonds is 7. The predicted molar refractivity (Wildman–Crippen MR) is 56.0 cm³/mol. The smallest absolute Gasteiger partial charge is 0.0860 e. The summed E-state index contributed by atoms with van der Waals surface area (Å²) in [4.78, 5) is 0. The van der Waals surface area contributed by atoms with Gasteiger partial charge in [0.15, 0.2) is 0 Å². The van der Waals surface area contributed by atoms with Gasteiger partial charge in [-0.2, -0.15) is 5.10 Å². The van der Waals surface area contributed by atoms with E-state index in [4.69, 9.17) is 0 Å².